The lowest BCUT2D eigenvalue weighted by molar-refractivity contribution is 0.0697. The molecule has 116 valence electrons. The lowest BCUT2D eigenvalue weighted by Gasteiger charge is -2.14. The molecule has 0 bridgehead atoms. The largest absolute Gasteiger partial charge is 0.478 e. The van der Waals surface area contributed by atoms with E-state index in [1.807, 2.05) is 4.72 Å². The predicted molar refractivity (Wildman–Crippen MR) is 75.6 cm³/mol. The maximum absolute atomic E-state index is 11.8. The van der Waals surface area contributed by atoms with Gasteiger partial charge in [0.2, 0.25) is 0 Å². The SMILES string of the molecule is CCOC(=O)NS(=O)(=O)Nc1c(C)cc(C)cc1C(=O)O. The molecule has 0 heterocycles. The fourth-order valence-electron chi connectivity index (χ4n) is 1.70. The number of aromatic carboxylic acids is 1. The number of benzene rings is 1. The van der Waals surface area contributed by atoms with Gasteiger partial charge in [0.15, 0.2) is 0 Å². The van der Waals surface area contributed by atoms with Crippen LogP contribution in [0.4, 0.5) is 10.5 Å². The summed E-state index contributed by atoms with van der Waals surface area (Å²) in [6, 6.07) is 2.95. The molecule has 0 unspecified atom stereocenters. The van der Waals surface area contributed by atoms with Crippen molar-refractivity contribution in [2.75, 3.05) is 11.3 Å². The van der Waals surface area contributed by atoms with E-state index in [1.54, 1.807) is 24.6 Å². The summed E-state index contributed by atoms with van der Waals surface area (Å²) in [5.74, 6) is -1.28. The van der Waals surface area contributed by atoms with Crippen LogP contribution in [0, 0.1) is 13.8 Å². The number of carbonyl (C=O) groups is 2. The Kier molecular flexibility index (Phi) is 5.14. The van der Waals surface area contributed by atoms with Crippen molar-refractivity contribution >= 4 is 28.0 Å². The highest BCUT2D eigenvalue weighted by molar-refractivity contribution is 7.91. The standard InChI is InChI=1S/C12H16N2O6S/c1-4-20-12(17)14-21(18,19)13-10-8(3)5-7(2)6-9(10)11(15)16/h5-6,13H,4H2,1-3H3,(H,14,17)(H,15,16). The highest BCUT2D eigenvalue weighted by Gasteiger charge is 2.21. The van der Waals surface area contributed by atoms with Gasteiger partial charge in [-0.05, 0) is 38.0 Å². The molecular formula is C12H16N2O6S. The monoisotopic (exact) mass is 316 g/mol. The summed E-state index contributed by atoms with van der Waals surface area (Å²) < 4.78 is 31.7. The molecule has 1 rings (SSSR count). The van der Waals surface area contributed by atoms with E-state index in [2.05, 4.69) is 4.74 Å². The third-order valence-corrected chi connectivity index (χ3v) is 3.35. The molecule has 1 aromatic carbocycles. The van der Waals surface area contributed by atoms with Gasteiger partial charge in [-0.2, -0.15) is 8.42 Å². The van der Waals surface area contributed by atoms with Gasteiger partial charge < -0.3 is 9.84 Å². The first-order valence-electron chi connectivity index (χ1n) is 5.98. The zero-order valence-electron chi connectivity index (χ0n) is 11.8. The number of amides is 1. The number of nitrogens with one attached hydrogen (secondary N) is 2. The maximum atomic E-state index is 11.8. The topological polar surface area (TPSA) is 122 Å². The van der Waals surface area contributed by atoms with Crippen molar-refractivity contribution in [2.24, 2.45) is 0 Å². The lowest BCUT2D eigenvalue weighted by Crippen LogP contribution is -2.36. The van der Waals surface area contributed by atoms with Crippen LogP contribution >= 0.6 is 0 Å². The Bertz CT molecular complexity index is 669. The van der Waals surface area contributed by atoms with E-state index in [0.29, 0.717) is 11.1 Å². The van der Waals surface area contributed by atoms with Gasteiger partial charge in [-0.1, -0.05) is 6.07 Å². The van der Waals surface area contributed by atoms with Crippen molar-refractivity contribution in [2.45, 2.75) is 20.8 Å². The van der Waals surface area contributed by atoms with E-state index >= 15 is 0 Å². The summed E-state index contributed by atoms with van der Waals surface area (Å²) in [4.78, 5) is 22.3. The second-order valence-corrected chi connectivity index (χ2v) is 5.65. The van der Waals surface area contributed by atoms with E-state index in [4.69, 9.17) is 5.11 Å². The summed E-state index contributed by atoms with van der Waals surface area (Å²) in [5, 5.41) is 9.13. The van der Waals surface area contributed by atoms with Crippen molar-refractivity contribution in [3.8, 4) is 0 Å². The maximum Gasteiger partial charge on any atom is 0.422 e. The molecule has 0 saturated carbocycles. The number of hydrogen-bond acceptors (Lipinski definition) is 5. The van der Waals surface area contributed by atoms with Gasteiger partial charge in [-0.15, -0.1) is 0 Å². The van der Waals surface area contributed by atoms with E-state index in [1.165, 1.54) is 13.0 Å². The Labute approximate surface area is 122 Å². The first kappa shape index (κ1) is 16.8. The Morgan fingerprint density at radius 3 is 2.43 bits per heavy atom. The molecule has 0 aliphatic rings. The highest BCUT2D eigenvalue weighted by atomic mass is 32.2. The summed E-state index contributed by atoms with van der Waals surface area (Å²) in [5.41, 5.74) is 0.777. The summed E-state index contributed by atoms with van der Waals surface area (Å²) in [7, 11) is -4.29. The van der Waals surface area contributed by atoms with Gasteiger partial charge in [-0.25, -0.2) is 14.3 Å². The van der Waals surface area contributed by atoms with Crippen molar-refractivity contribution in [3.05, 3.63) is 28.8 Å². The molecule has 0 aliphatic heterocycles. The van der Waals surface area contributed by atoms with Gasteiger partial charge in [0.25, 0.3) is 0 Å². The molecule has 8 nitrogen and oxygen atoms in total. The normalized spacial score (nSPS) is 10.8. The second kappa shape index (κ2) is 6.44. The van der Waals surface area contributed by atoms with Crippen LogP contribution in [0.1, 0.15) is 28.4 Å². The minimum Gasteiger partial charge on any atom is -0.478 e. The van der Waals surface area contributed by atoms with Crippen molar-refractivity contribution in [3.63, 3.8) is 0 Å². The molecular weight excluding hydrogens is 300 g/mol. The number of carboxylic acid groups (broad SMARTS) is 1. The fourth-order valence-corrected chi connectivity index (χ4v) is 2.57. The molecule has 0 aromatic heterocycles. The van der Waals surface area contributed by atoms with Crippen LogP contribution in [0.15, 0.2) is 12.1 Å². The molecule has 0 aliphatic carbocycles. The van der Waals surface area contributed by atoms with Crippen LogP contribution < -0.4 is 9.44 Å². The lowest BCUT2D eigenvalue weighted by atomic mass is 10.0. The van der Waals surface area contributed by atoms with Gasteiger partial charge in [-0.3, -0.25) is 4.72 Å². The fraction of sp³-hybridized carbons (Fsp3) is 0.333. The first-order valence-corrected chi connectivity index (χ1v) is 7.46. The number of anilines is 1. The third kappa shape index (κ3) is 4.63. The van der Waals surface area contributed by atoms with E-state index < -0.39 is 22.3 Å². The molecule has 0 fully saturated rings. The van der Waals surface area contributed by atoms with Gasteiger partial charge >= 0.3 is 22.3 Å². The Morgan fingerprint density at radius 2 is 1.90 bits per heavy atom. The summed E-state index contributed by atoms with van der Waals surface area (Å²) in [6.45, 7) is 4.77. The van der Waals surface area contributed by atoms with Crippen LogP contribution in [-0.2, 0) is 14.9 Å². The smallest absolute Gasteiger partial charge is 0.422 e. The van der Waals surface area contributed by atoms with E-state index in [0.717, 1.165) is 0 Å². The molecule has 0 radical (unpaired) electrons. The van der Waals surface area contributed by atoms with Crippen molar-refractivity contribution in [1.82, 2.24) is 4.72 Å². The molecule has 3 N–H and O–H groups in total. The average Bonchev–Trinajstić information content (AvgIpc) is 2.31. The molecule has 0 saturated heterocycles. The molecule has 1 amide bonds. The first-order chi connectivity index (χ1) is 9.66. The number of hydrogen-bond donors (Lipinski definition) is 3. The summed E-state index contributed by atoms with van der Waals surface area (Å²) in [6.07, 6.45) is -1.15. The number of carboxylic acids is 1. The van der Waals surface area contributed by atoms with Crippen molar-refractivity contribution in [1.29, 1.82) is 0 Å². The molecule has 21 heavy (non-hydrogen) atoms. The van der Waals surface area contributed by atoms with Crippen LogP contribution in [0.2, 0.25) is 0 Å². The van der Waals surface area contributed by atoms with Gasteiger partial charge in [0.05, 0.1) is 17.9 Å². The molecule has 0 atom stereocenters. The van der Waals surface area contributed by atoms with Crippen molar-refractivity contribution < 1.29 is 27.9 Å². The highest BCUT2D eigenvalue weighted by Crippen LogP contribution is 2.23. The van der Waals surface area contributed by atoms with Gasteiger partial charge in [0.1, 0.15) is 0 Å². The van der Waals surface area contributed by atoms with E-state index in [9.17, 15) is 18.0 Å². The minimum atomic E-state index is -4.29. The molecule has 9 heteroatoms. The minimum absolute atomic E-state index is 0.00525. The van der Waals surface area contributed by atoms with Crippen LogP contribution in [0.25, 0.3) is 0 Å². The quantitative estimate of drug-likeness (QED) is 0.755. The molecule has 0 spiro atoms. The average molecular weight is 316 g/mol. The van der Waals surface area contributed by atoms with E-state index in [-0.39, 0.29) is 17.9 Å². The zero-order chi connectivity index (χ0) is 16.2. The predicted octanol–water partition coefficient (Wildman–Crippen LogP) is 1.40. The number of carbonyl (C=O) groups excluding carboxylic acids is 1. The number of aryl methyl sites for hydroxylation is 2. The van der Waals surface area contributed by atoms with Gasteiger partial charge in [0, 0.05) is 0 Å². The Balaban J connectivity index is 3.13. The molecule has 1 aromatic rings. The zero-order valence-corrected chi connectivity index (χ0v) is 12.6. The Morgan fingerprint density at radius 1 is 1.29 bits per heavy atom. The second-order valence-electron chi connectivity index (χ2n) is 4.24. The summed E-state index contributed by atoms with van der Waals surface area (Å²) >= 11 is 0. The Hall–Kier alpha value is -2.29. The van der Waals surface area contributed by atoms with Crippen LogP contribution in [0.5, 0.6) is 0 Å². The van der Waals surface area contributed by atoms with Crippen LogP contribution in [0.3, 0.4) is 0 Å². The third-order valence-electron chi connectivity index (χ3n) is 2.44. The number of ether oxygens (including phenoxy) is 1. The number of rotatable bonds is 5. The van der Waals surface area contributed by atoms with Crippen LogP contribution in [-0.4, -0.2) is 32.2 Å².